The average Bonchev–Trinajstić information content (AvgIpc) is 0.811. The van der Waals surface area contributed by atoms with Crippen LogP contribution in [0.3, 0.4) is 0 Å². The summed E-state index contributed by atoms with van der Waals surface area (Å²) in [5.41, 5.74) is 0. The molecule has 0 aliphatic rings. The van der Waals surface area contributed by atoms with Crippen LogP contribution in [0.1, 0.15) is 1.43 Å². The van der Waals surface area contributed by atoms with E-state index in [0.717, 1.165) is 0 Å². The molecule has 0 nitrogen and oxygen atoms in total. The van der Waals surface area contributed by atoms with Gasteiger partial charge in [0.1, 0.15) is 0 Å². The van der Waals surface area contributed by atoms with Crippen molar-refractivity contribution in [3.63, 3.8) is 0 Å². The summed E-state index contributed by atoms with van der Waals surface area (Å²) in [5, 5.41) is 0. The van der Waals surface area contributed by atoms with Crippen LogP contribution in [0.2, 0.25) is 0 Å². The molecule has 0 aromatic rings. The van der Waals surface area contributed by atoms with E-state index in [2.05, 4.69) is 0 Å². The number of rotatable bonds is 0. The first kappa shape index (κ1) is 9.84. The van der Waals surface area contributed by atoms with E-state index in [1.807, 2.05) is 0 Å². The Morgan fingerprint density at radius 2 is 1.20 bits per heavy atom. The fourth-order valence-corrected chi connectivity index (χ4v) is 0. The molecule has 0 spiro atoms. The molecule has 0 saturated carbocycles. The zero-order valence-electron chi connectivity index (χ0n) is 2.87. The van der Waals surface area contributed by atoms with Gasteiger partial charge in [-0.2, -0.15) is 0 Å². The predicted molar refractivity (Wildman–Crippen MR) is 18.7 cm³/mol. The van der Waals surface area contributed by atoms with Crippen molar-refractivity contribution in [2.24, 2.45) is 0 Å². The molecule has 0 rings (SSSR count). The molecule has 0 aromatic heterocycles. The first-order valence-electron chi connectivity index (χ1n) is 0.401. The van der Waals surface area contributed by atoms with E-state index in [4.69, 9.17) is 30.3 Å². The maximum absolute atomic E-state index is 4.89. The van der Waals surface area contributed by atoms with Crippen molar-refractivity contribution < 1.29 is 25.0 Å². The molecule has 0 amide bonds. The van der Waals surface area contributed by atoms with Crippen LogP contribution < -0.4 is 12.4 Å². The smallest absolute Gasteiger partial charge is 1.00 e. The van der Waals surface area contributed by atoms with Crippen molar-refractivity contribution in [3.05, 3.63) is 0 Å². The van der Waals surface area contributed by atoms with Gasteiger partial charge >= 0.3 is 42.9 Å². The largest absolute Gasteiger partial charge is 1.00 e. The molecule has 0 bridgehead atoms. The van der Waals surface area contributed by atoms with Crippen LogP contribution in [0.25, 0.3) is 0 Å². The minimum atomic E-state index is -1.33. The number of hydrogen-bond acceptors (Lipinski definition) is 0. The molecule has 0 heterocycles. The van der Waals surface area contributed by atoms with Crippen molar-refractivity contribution in [1.29, 1.82) is 0 Å². The van der Waals surface area contributed by atoms with Gasteiger partial charge in [0.2, 0.25) is 0 Å². The van der Waals surface area contributed by atoms with Gasteiger partial charge < -0.3 is 12.4 Å². The van der Waals surface area contributed by atoms with E-state index in [1.54, 1.807) is 0 Å². The third kappa shape index (κ3) is 27.3. The van der Waals surface area contributed by atoms with Crippen LogP contribution in [-0.2, 0) is 11.2 Å². The molecule has 0 fully saturated rings. The van der Waals surface area contributed by atoms with Crippen LogP contribution >= 0.6 is 30.3 Å². The summed E-state index contributed by atoms with van der Waals surface area (Å²) in [6.07, 6.45) is 0. The van der Waals surface area contributed by atoms with Gasteiger partial charge in [0.05, 0.1) is 0 Å². The standard InChI is InChI=1S/4ClH.Fe/h4*1H;/q;;;;+3/p-3. The molecule has 0 atom stereocenters. The summed E-state index contributed by atoms with van der Waals surface area (Å²) < 4.78 is 0. The van der Waals surface area contributed by atoms with Gasteiger partial charge in [-0.3, -0.25) is 0 Å². The molecule has 0 saturated heterocycles. The fourth-order valence-electron chi connectivity index (χ4n) is 0. The molecule has 0 aliphatic heterocycles. The zero-order valence-corrected chi connectivity index (χ0v) is 5.99. The molecule has 37 valence electrons. The summed E-state index contributed by atoms with van der Waals surface area (Å²) >= 11 is -1.33. The van der Waals surface area contributed by atoms with E-state index in [0.29, 0.717) is 0 Å². The first-order chi connectivity index (χ1) is 1.73. The summed E-state index contributed by atoms with van der Waals surface area (Å²) in [4.78, 5) is 0. The van der Waals surface area contributed by atoms with Gasteiger partial charge in [-0.05, 0) is 0 Å². The minimum absolute atomic E-state index is 0. The molecule has 0 aromatic carbocycles. The minimum Gasteiger partial charge on any atom is 1.00 e. The SMILES string of the molecule is [Cl-].[Cl][Fe]([Cl])[Cl].[H+]. The topological polar surface area (TPSA) is 0 Å². The molecule has 0 radical (unpaired) electrons. The Kier molecular flexibility index (Phi) is 11.2. The molecule has 5 heteroatoms. The maximum atomic E-state index is 4.89. The molecule has 0 aliphatic carbocycles. The van der Waals surface area contributed by atoms with E-state index in [1.165, 1.54) is 0 Å². The fraction of sp³-hybridized carbons (Fsp3) is 0. The number of halogens is 4. The second kappa shape index (κ2) is 5.68. The molecule has 0 unspecified atom stereocenters. The third-order valence-corrected chi connectivity index (χ3v) is 0. The van der Waals surface area contributed by atoms with Crippen molar-refractivity contribution in [3.8, 4) is 0 Å². The van der Waals surface area contributed by atoms with E-state index >= 15 is 0 Å². The first-order valence-corrected chi connectivity index (χ1v) is 4.96. The third-order valence-electron chi connectivity index (χ3n) is 0. The van der Waals surface area contributed by atoms with Gasteiger partial charge in [-0.25, -0.2) is 0 Å². The van der Waals surface area contributed by atoms with Crippen LogP contribution in [-0.4, -0.2) is 0 Å². The second-order valence-corrected chi connectivity index (χ2v) is 5.62. The van der Waals surface area contributed by atoms with Gasteiger partial charge in [0.15, 0.2) is 0 Å². The van der Waals surface area contributed by atoms with Gasteiger partial charge in [-0.1, -0.05) is 0 Å². The molecule has 5 heavy (non-hydrogen) atoms. The van der Waals surface area contributed by atoms with Gasteiger partial charge in [0, 0.05) is 0 Å². The van der Waals surface area contributed by atoms with E-state index in [9.17, 15) is 0 Å². The molecule has 0 N–H and O–H groups in total. The molecular weight excluding hydrogens is 198 g/mol. The Labute approximate surface area is 55.2 Å². The Morgan fingerprint density at radius 1 is 1.20 bits per heavy atom. The van der Waals surface area contributed by atoms with Gasteiger partial charge in [-0.15, -0.1) is 0 Å². The molecular formula is HCl4Fe. The average molecular weight is 199 g/mol. The Morgan fingerprint density at radius 3 is 1.20 bits per heavy atom. The Hall–Kier alpha value is 1.68. The maximum Gasteiger partial charge on any atom is 1.00 e. The van der Waals surface area contributed by atoms with Crippen LogP contribution in [0.5, 0.6) is 0 Å². The van der Waals surface area contributed by atoms with Crippen LogP contribution in [0.15, 0.2) is 0 Å². The van der Waals surface area contributed by atoms with Crippen LogP contribution in [0.4, 0.5) is 0 Å². The van der Waals surface area contributed by atoms with E-state index < -0.39 is 11.2 Å². The Balaban J connectivity index is -0.0000000450. The second-order valence-electron chi connectivity index (χ2n) is 0.152. The normalized spacial score (nSPS) is 9.00. The monoisotopic (exact) mass is 197 g/mol. The van der Waals surface area contributed by atoms with Crippen molar-refractivity contribution in [1.82, 2.24) is 0 Å². The van der Waals surface area contributed by atoms with Crippen molar-refractivity contribution >= 4 is 30.3 Å². The van der Waals surface area contributed by atoms with Crippen molar-refractivity contribution in [2.75, 3.05) is 0 Å². The Bertz CT molecular complexity index is 12.3. The quantitative estimate of drug-likeness (QED) is 0.447. The van der Waals surface area contributed by atoms with E-state index in [-0.39, 0.29) is 13.8 Å². The summed E-state index contributed by atoms with van der Waals surface area (Å²) in [7, 11) is 14.7. The van der Waals surface area contributed by atoms with Crippen molar-refractivity contribution in [2.45, 2.75) is 0 Å². The summed E-state index contributed by atoms with van der Waals surface area (Å²) in [6.45, 7) is 0. The summed E-state index contributed by atoms with van der Waals surface area (Å²) in [6, 6.07) is 0. The zero-order chi connectivity index (χ0) is 3.58. The number of hydrogen-bond donors (Lipinski definition) is 0. The predicted octanol–water partition coefficient (Wildman–Crippen LogP) is -0.817. The van der Waals surface area contributed by atoms with Crippen LogP contribution in [0, 0.1) is 0 Å². The summed E-state index contributed by atoms with van der Waals surface area (Å²) in [5.74, 6) is 0. The van der Waals surface area contributed by atoms with Gasteiger partial charge in [0.25, 0.3) is 0 Å².